The molecule has 0 aromatic rings. The molecule has 0 amide bonds. The lowest BCUT2D eigenvalue weighted by molar-refractivity contribution is -0.0594. The van der Waals surface area contributed by atoms with Gasteiger partial charge in [-0.25, -0.2) is 13.1 Å². The van der Waals surface area contributed by atoms with Crippen LogP contribution < -0.4 is 10.5 Å². The number of hydrogen-bond acceptors (Lipinski definition) is 3. The quantitative estimate of drug-likeness (QED) is 0.785. The molecular formula is C11H24N2O2S. The molecular weight excluding hydrogens is 224 g/mol. The van der Waals surface area contributed by atoms with Crippen LogP contribution >= 0.6 is 0 Å². The number of hydrogen-bond donors (Lipinski definition) is 2. The zero-order valence-corrected chi connectivity index (χ0v) is 11.9. The van der Waals surface area contributed by atoms with Crippen LogP contribution in [0, 0.1) is 10.8 Å². The van der Waals surface area contributed by atoms with Crippen LogP contribution in [0.15, 0.2) is 0 Å². The predicted molar refractivity (Wildman–Crippen MR) is 66.5 cm³/mol. The molecule has 1 saturated carbocycles. The fourth-order valence-electron chi connectivity index (χ4n) is 2.78. The Bertz CT molecular complexity index is 355. The second-order valence-electron chi connectivity index (χ2n) is 6.27. The summed E-state index contributed by atoms with van der Waals surface area (Å²) in [6.07, 6.45) is 0. The van der Waals surface area contributed by atoms with Gasteiger partial charge in [0.1, 0.15) is 0 Å². The maximum Gasteiger partial charge on any atom is 0.214 e. The Kier molecular flexibility index (Phi) is 3.21. The van der Waals surface area contributed by atoms with E-state index in [1.54, 1.807) is 13.8 Å². The van der Waals surface area contributed by atoms with E-state index in [1.807, 2.05) is 27.7 Å². The van der Waals surface area contributed by atoms with E-state index in [4.69, 9.17) is 5.73 Å². The zero-order chi connectivity index (χ0) is 12.9. The highest BCUT2D eigenvalue weighted by Gasteiger charge is 2.61. The molecule has 4 nitrogen and oxygen atoms in total. The summed E-state index contributed by atoms with van der Waals surface area (Å²) in [5.74, 6) is 0. The van der Waals surface area contributed by atoms with Gasteiger partial charge in [-0.1, -0.05) is 27.7 Å². The standard InChI is InChI=1S/C11H24N2O2S/c1-7(2)16(14,15)13-9-10(3,4)8(12)11(9,5)6/h7-9,13H,12H2,1-6H3. The average molecular weight is 248 g/mol. The van der Waals surface area contributed by atoms with Crippen molar-refractivity contribution < 1.29 is 8.42 Å². The second kappa shape index (κ2) is 3.68. The molecule has 1 aliphatic carbocycles. The molecule has 1 fully saturated rings. The minimum atomic E-state index is -3.23. The maximum absolute atomic E-state index is 11.9. The monoisotopic (exact) mass is 248 g/mol. The Balaban J connectivity index is 2.92. The average Bonchev–Trinajstić information content (AvgIpc) is 2.12. The summed E-state index contributed by atoms with van der Waals surface area (Å²) in [7, 11) is -3.23. The van der Waals surface area contributed by atoms with Gasteiger partial charge in [-0.05, 0) is 24.7 Å². The highest BCUT2D eigenvalue weighted by molar-refractivity contribution is 7.90. The van der Waals surface area contributed by atoms with E-state index in [0.29, 0.717) is 0 Å². The molecule has 0 spiro atoms. The summed E-state index contributed by atoms with van der Waals surface area (Å²) in [6, 6.07) is -0.0812. The lowest BCUT2D eigenvalue weighted by Crippen LogP contribution is -2.76. The first-order chi connectivity index (χ1) is 6.94. The van der Waals surface area contributed by atoms with Gasteiger partial charge in [-0.3, -0.25) is 0 Å². The minimum absolute atomic E-state index is 0.0138. The summed E-state index contributed by atoms with van der Waals surface area (Å²) in [4.78, 5) is 0. The highest BCUT2D eigenvalue weighted by Crippen LogP contribution is 2.52. The smallest absolute Gasteiger partial charge is 0.214 e. The van der Waals surface area contributed by atoms with Crippen LogP contribution in [0.3, 0.4) is 0 Å². The van der Waals surface area contributed by atoms with Gasteiger partial charge >= 0.3 is 0 Å². The lowest BCUT2D eigenvalue weighted by atomic mass is 9.49. The number of nitrogens with two attached hydrogens (primary N) is 1. The molecule has 0 unspecified atom stereocenters. The molecule has 0 bridgehead atoms. The van der Waals surface area contributed by atoms with E-state index in [2.05, 4.69) is 4.72 Å². The fourth-order valence-corrected chi connectivity index (χ4v) is 3.99. The summed E-state index contributed by atoms with van der Waals surface area (Å²) in [5.41, 5.74) is 5.71. The van der Waals surface area contributed by atoms with Crippen molar-refractivity contribution in [2.45, 2.75) is 58.9 Å². The first kappa shape index (κ1) is 13.9. The van der Waals surface area contributed by atoms with E-state index in [1.165, 1.54) is 0 Å². The van der Waals surface area contributed by atoms with E-state index in [9.17, 15) is 8.42 Å². The van der Waals surface area contributed by atoms with E-state index in [-0.39, 0.29) is 22.9 Å². The molecule has 0 aromatic heterocycles. The maximum atomic E-state index is 11.9. The molecule has 5 heteroatoms. The van der Waals surface area contributed by atoms with Crippen molar-refractivity contribution in [3.8, 4) is 0 Å². The minimum Gasteiger partial charge on any atom is -0.327 e. The SMILES string of the molecule is CC(C)S(=O)(=O)NC1C(C)(C)C(N)C1(C)C. The van der Waals surface area contributed by atoms with Gasteiger partial charge in [0.25, 0.3) is 0 Å². The van der Waals surface area contributed by atoms with Gasteiger partial charge in [0.2, 0.25) is 10.0 Å². The summed E-state index contributed by atoms with van der Waals surface area (Å²) in [5, 5.41) is -0.407. The molecule has 0 heterocycles. The Hall–Kier alpha value is -0.130. The summed E-state index contributed by atoms with van der Waals surface area (Å²) >= 11 is 0. The fraction of sp³-hybridized carbons (Fsp3) is 1.00. The van der Waals surface area contributed by atoms with E-state index < -0.39 is 15.3 Å². The third-order valence-corrected chi connectivity index (χ3v) is 5.80. The Morgan fingerprint density at radius 3 is 1.81 bits per heavy atom. The lowest BCUT2D eigenvalue weighted by Gasteiger charge is -2.62. The summed E-state index contributed by atoms with van der Waals surface area (Å²) in [6.45, 7) is 11.4. The molecule has 3 N–H and O–H groups in total. The van der Waals surface area contributed by atoms with Crippen LogP contribution in [-0.4, -0.2) is 25.8 Å². The van der Waals surface area contributed by atoms with E-state index >= 15 is 0 Å². The number of rotatable bonds is 3. The van der Waals surface area contributed by atoms with Crippen LogP contribution in [0.2, 0.25) is 0 Å². The van der Waals surface area contributed by atoms with Crippen LogP contribution in [-0.2, 0) is 10.0 Å². The van der Waals surface area contributed by atoms with Crippen molar-refractivity contribution >= 4 is 10.0 Å². The molecule has 0 aliphatic heterocycles. The number of nitrogens with one attached hydrogen (secondary N) is 1. The van der Waals surface area contributed by atoms with Crippen LogP contribution in [0.25, 0.3) is 0 Å². The van der Waals surface area contributed by atoms with Gasteiger partial charge in [0.05, 0.1) is 5.25 Å². The number of sulfonamides is 1. The molecule has 96 valence electrons. The van der Waals surface area contributed by atoms with Crippen molar-refractivity contribution in [3.05, 3.63) is 0 Å². The van der Waals surface area contributed by atoms with E-state index in [0.717, 1.165) is 0 Å². The highest BCUT2D eigenvalue weighted by atomic mass is 32.2. The zero-order valence-electron chi connectivity index (χ0n) is 11.0. The van der Waals surface area contributed by atoms with Gasteiger partial charge in [-0.15, -0.1) is 0 Å². The van der Waals surface area contributed by atoms with Crippen molar-refractivity contribution in [2.75, 3.05) is 0 Å². The topological polar surface area (TPSA) is 72.2 Å². The van der Waals surface area contributed by atoms with Crippen LogP contribution in [0.4, 0.5) is 0 Å². The molecule has 0 aromatic carbocycles. The molecule has 1 rings (SSSR count). The Morgan fingerprint density at radius 2 is 1.50 bits per heavy atom. The predicted octanol–water partition coefficient (Wildman–Crippen LogP) is 1.08. The Morgan fingerprint density at radius 1 is 1.12 bits per heavy atom. The third-order valence-electron chi connectivity index (χ3n) is 3.99. The van der Waals surface area contributed by atoms with Crippen LogP contribution in [0.1, 0.15) is 41.5 Å². The molecule has 0 saturated heterocycles. The Labute approximate surface area is 99.0 Å². The second-order valence-corrected chi connectivity index (χ2v) is 8.53. The first-order valence-electron chi connectivity index (χ1n) is 5.70. The molecule has 0 radical (unpaired) electrons. The molecule has 0 atom stereocenters. The summed E-state index contributed by atoms with van der Waals surface area (Å²) < 4.78 is 26.5. The third kappa shape index (κ3) is 1.89. The first-order valence-corrected chi connectivity index (χ1v) is 7.25. The largest absolute Gasteiger partial charge is 0.327 e. The van der Waals surface area contributed by atoms with Gasteiger partial charge in [0.15, 0.2) is 0 Å². The molecule has 1 aliphatic rings. The molecule has 16 heavy (non-hydrogen) atoms. The normalized spacial score (nSPS) is 32.5. The van der Waals surface area contributed by atoms with Gasteiger partial charge in [0, 0.05) is 12.1 Å². The van der Waals surface area contributed by atoms with Crippen molar-refractivity contribution in [1.29, 1.82) is 0 Å². The van der Waals surface area contributed by atoms with Gasteiger partial charge < -0.3 is 5.73 Å². The van der Waals surface area contributed by atoms with Crippen molar-refractivity contribution in [2.24, 2.45) is 16.6 Å². The van der Waals surface area contributed by atoms with Crippen molar-refractivity contribution in [1.82, 2.24) is 4.72 Å². The van der Waals surface area contributed by atoms with Crippen LogP contribution in [0.5, 0.6) is 0 Å². The van der Waals surface area contributed by atoms with Gasteiger partial charge in [-0.2, -0.15) is 0 Å². The van der Waals surface area contributed by atoms with Crippen molar-refractivity contribution in [3.63, 3.8) is 0 Å².